The molecule has 1 N–H and O–H groups in total. The predicted molar refractivity (Wildman–Crippen MR) is 93.7 cm³/mol. The first-order valence-electron chi connectivity index (χ1n) is 8.05. The number of ketones is 1. The summed E-state index contributed by atoms with van der Waals surface area (Å²) in [5.74, 6) is -0.114. The molecular weight excluding hydrogens is 313 g/mol. The summed E-state index contributed by atoms with van der Waals surface area (Å²) in [7, 11) is 0. The van der Waals surface area contributed by atoms with E-state index < -0.39 is 5.67 Å². The smallest absolute Gasteiger partial charge is 0.166 e. The van der Waals surface area contributed by atoms with E-state index in [0.717, 1.165) is 24.9 Å². The SMILES string of the molecule is CCCC(=O)C1C=CC(F)(C2NCCc3ccccc32)C=C1.Cl. The lowest BCUT2D eigenvalue weighted by atomic mass is 9.80. The van der Waals surface area contributed by atoms with Crippen LogP contribution in [0.4, 0.5) is 4.39 Å². The molecule has 0 saturated carbocycles. The van der Waals surface area contributed by atoms with E-state index in [0.29, 0.717) is 6.42 Å². The quantitative estimate of drug-likeness (QED) is 0.839. The maximum absolute atomic E-state index is 15.4. The molecule has 124 valence electrons. The number of nitrogens with one attached hydrogen (secondary N) is 1. The molecule has 0 saturated heterocycles. The van der Waals surface area contributed by atoms with Gasteiger partial charge in [0.2, 0.25) is 0 Å². The van der Waals surface area contributed by atoms with Crippen molar-refractivity contribution in [3.8, 4) is 0 Å². The standard InChI is InChI=1S/C19H22FNO.ClH/c1-2-5-17(22)15-8-11-19(20,12-9-15)18-16-7-4-3-6-14(16)10-13-21-18;/h3-4,6-9,11-12,15,18,21H,2,5,10,13H2,1H3;1H. The Morgan fingerprint density at radius 2 is 2.00 bits per heavy atom. The zero-order valence-corrected chi connectivity index (χ0v) is 14.1. The van der Waals surface area contributed by atoms with Crippen molar-refractivity contribution in [2.24, 2.45) is 5.92 Å². The molecule has 0 bridgehead atoms. The van der Waals surface area contributed by atoms with Crippen LogP contribution in [0.2, 0.25) is 0 Å². The van der Waals surface area contributed by atoms with Gasteiger partial charge >= 0.3 is 0 Å². The van der Waals surface area contributed by atoms with E-state index in [1.807, 2.05) is 25.1 Å². The van der Waals surface area contributed by atoms with Gasteiger partial charge in [-0.3, -0.25) is 4.79 Å². The zero-order chi connectivity index (χ0) is 15.6. The molecule has 0 fully saturated rings. The molecule has 0 aromatic heterocycles. The average Bonchev–Trinajstić information content (AvgIpc) is 2.55. The normalized spacial score (nSPS) is 28.8. The number of benzene rings is 1. The number of halogens is 2. The van der Waals surface area contributed by atoms with Crippen LogP contribution in [0, 0.1) is 5.92 Å². The topological polar surface area (TPSA) is 29.1 Å². The van der Waals surface area contributed by atoms with Crippen LogP contribution in [-0.4, -0.2) is 18.0 Å². The number of carbonyl (C=O) groups is 1. The van der Waals surface area contributed by atoms with E-state index in [4.69, 9.17) is 0 Å². The Hall–Kier alpha value is -1.45. The van der Waals surface area contributed by atoms with E-state index in [-0.39, 0.29) is 30.2 Å². The summed E-state index contributed by atoms with van der Waals surface area (Å²) < 4.78 is 15.4. The minimum absolute atomic E-state index is 0. The molecular formula is C19H23ClFNO. The highest BCUT2D eigenvalue weighted by Crippen LogP contribution is 2.38. The number of hydrogen-bond acceptors (Lipinski definition) is 2. The van der Waals surface area contributed by atoms with Gasteiger partial charge in [-0.2, -0.15) is 0 Å². The molecule has 0 amide bonds. The summed E-state index contributed by atoms with van der Waals surface area (Å²) in [4.78, 5) is 11.9. The zero-order valence-electron chi connectivity index (χ0n) is 13.3. The van der Waals surface area contributed by atoms with Gasteiger partial charge in [0.25, 0.3) is 0 Å². The summed E-state index contributed by atoms with van der Waals surface area (Å²) in [5.41, 5.74) is 0.651. The monoisotopic (exact) mass is 335 g/mol. The molecule has 2 nitrogen and oxygen atoms in total. The third-order valence-corrected chi connectivity index (χ3v) is 4.54. The minimum Gasteiger partial charge on any atom is -0.306 e. The lowest BCUT2D eigenvalue weighted by molar-refractivity contribution is -0.120. The van der Waals surface area contributed by atoms with Gasteiger partial charge in [0.1, 0.15) is 5.78 Å². The van der Waals surface area contributed by atoms with Crippen molar-refractivity contribution >= 4 is 18.2 Å². The van der Waals surface area contributed by atoms with E-state index >= 15 is 4.39 Å². The van der Waals surface area contributed by atoms with Gasteiger partial charge in [-0.1, -0.05) is 43.3 Å². The summed E-state index contributed by atoms with van der Waals surface area (Å²) in [6, 6.07) is 7.62. The van der Waals surface area contributed by atoms with Crippen molar-refractivity contribution in [1.82, 2.24) is 5.32 Å². The largest absolute Gasteiger partial charge is 0.306 e. The van der Waals surface area contributed by atoms with Gasteiger partial charge in [-0.05, 0) is 42.7 Å². The molecule has 1 unspecified atom stereocenters. The van der Waals surface area contributed by atoms with Crippen molar-refractivity contribution in [1.29, 1.82) is 0 Å². The van der Waals surface area contributed by atoms with Gasteiger partial charge in [0.15, 0.2) is 5.67 Å². The molecule has 0 radical (unpaired) electrons. The molecule has 2 aliphatic rings. The second-order valence-corrected chi connectivity index (χ2v) is 6.12. The van der Waals surface area contributed by atoms with Gasteiger partial charge in [0, 0.05) is 6.42 Å². The molecule has 1 aliphatic carbocycles. The van der Waals surface area contributed by atoms with E-state index in [2.05, 4.69) is 11.4 Å². The van der Waals surface area contributed by atoms with Gasteiger partial charge in [0.05, 0.1) is 12.0 Å². The highest BCUT2D eigenvalue weighted by Gasteiger charge is 2.39. The second kappa shape index (κ2) is 7.41. The van der Waals surface area contributed by atoms with Gasteiger partial charge in [-0.15, -0.1) is 12.4 Å². The van der Waals surface area contributed by atoms with Crippen LogP contribution in [0.25, 0.3) is 0 Å². The number of carbonyl (C=O) groups excluding carboxylic acids is 1. The number of alkyl halides is 1. The number of allylic oxidation sites excluding steroid dienone is 2. The van der Waals surface area contributed by atoms with E-state index in [1.54, 1.807) is 24.3 Å². The van der Waals surface area contributed by atoms with E-state index in [9.17, 15) is 4.79 Å². The van der Waals surface area contributed by atoms with Crippen molar-refractivity contribution < 1.29 is 9.18 Å². The predicted octanol–water partition coefficient (Wildman–Crippen LogP) is 4.11. The first-order chi connectivity index (χ1) is 10.6. The first kappa shape index (κ1) is 17.9. The summed E-state index contributed by atoms with van der Waals surface area (Å²) in [6.45, 7) is 2.75. The van der Waals surface area contributed by atoms with Crippen molar-refractivity contribution in [2.45, 2.75) is 37.9 Å². The summed E-state index contributed by atoms with van der Waals surface area (Å²) in [6.07, 6.45) is 8.86. The fourth-order valence-corrected chi connectivity index (χ4v) is 3.34. The Labute approximate surface area is 143 Å². The summed E-state index contributed by atoms with van der Waals surface area (Å²) >= 11 is 0. The van der Waals surface area contributed by atoms with Crippen LogP contribution in [0.15, 0.2) is 48.6 Å². The molecule has 23 heavy (non-hydrogen) atoms. The summed E-state index contributed by atoms with van der Waals surface area (Å²) in [5, 5.41) is 3.29. The van der Waals surface area contributed by atoms with Crippen molar-refractivity contribution in [3.05, 3.63) is 59.7 Å². The Morgan fingerprint density at radius 1 is 1.30 bits per heavy atom. The van der Waals surface area contributed by atoms with Crippen molar-refractivity contribution in [2.75, 3.05) is 6.54 Å². The Kier molecular flexibility index (Phi) is 5.77. The molecule has 0 spiro atoms. The number of fused-ring (bicyclic) bond motifs is 1. The number of hydrogen-bond donors (Lipinski definition) is 1. The molecule has 1 atom stereocenters. The fraction of sp³-hybridized carbons (Fsp3) is 0.421. The lowest BCUT2D eigenvalue weighted by Gasteiger charge is -2.36. The van der Waals surface area contributed by atoms with Crippen LogP contribution in [0.5, 0.6) is 0 Å². The third-order valence-electron chi connectivity index (χ3n) is 4.54. The Bertz CT molecular complexity index is 612. The Balaban J connectivity index is 0.00000192. The van der Waals surface area contributed by atoms with Crippen LogP contribution >= 0.6 is 12.4 Å². The number of Topliss-reactive ketones (excluding diaryl/α,β-unsaturated/α-hetero) is 1. The van der Waals surface area contributed by atoms with Crippen molar-refractivity contribution in [3.63, 3.8) is 0 Å². The average molecular weight is 336 g/mol. The van der Waals surface area contributed by atoms with Gasteiger partial charge < -0.3 is 5.32 Å². The molecule has 1 aromatic carbocycles. The first-order valence-corrected chi connectivity index (χ1v) is 8.05. The molecule has 1 heterocycles. The molecule has 4 heteroatoms. The highest BCUT2D eigenvalue weighted by molar-refractivity contribution is 5.85. The van der Waals surface area contributed by atoms with Gasteiger partial charge in [-0.25, -0.2) is 4.39 Å². The number of rotatable bonds is 4. The Morgan fingerprint density at radius 3 is 2.70 bits per heavy atom. The van der Waals surface area contributed by atoms with Crippen LogP contribution in [0.1, 0.15) is 36.9 Å². The second-order valence-electron chi connectivity index (χ2n) is 6.12. The molecule has 1 aromatic rings. The van der Waals surface area contributed by atoms with Crippen LogP contribution in [-0.2, 0) is 11.2 Å². The lowest BCUT2D eigenvalue weighted by Crippen LogP contribution is -2.43. The maximum atomic E-state index is 15.4. The third kappa shape index (κ3) is 3.56. The van der Waals surface area contributed by atoms with Crippen LogP contribution in [0.3, 0.4) is 0 Å². The van der Waals surface area contributed by atoms with Crippen LogP contribution < -0.4 is 5.32 Å². The highest BCUT2D eigenvalue weighted by atomic mass is 35.5. The fourth-order valence-electron chi connectivity index (χ4n) is 3.34. The molecule has 1 aliphatic heterocycles. The minimum atomic E-state index is -1.57. The molecule has 3 rings (SSSR count). The van der Waals surface area contributed by atoms with E-state index in [1.165, 1.54) is 5.56 Å². The maximum Gasteiger partial charge on any atom is 0.166 e.